The summed E-state index contributed by atoms with van der Waals surface area (Å²) in [5.41, 5.74) is 3.56. The molecule has 1 N–H and O–H groups in total. The van der Waals surface area contributed by atoms with Gasteiger partial charge >= 0.3 is 0 Å². The van der Waals surface area contributed by atoms with Gasteiger partial charge in [0, 0.05) is 31.0 Å². The van der Waals surface area contributed by atoms with Gasteiger partial charge < -0.3 is 10.2 Å². The number of hydrogen-bond acceptors (Lipinski definition) is 2. The molecule has 0 bridgehead atoms. The molecule has 1 aliphatic rings. The Bertz CT molecular complexity index is 605. The van der Waals surface area contributed by atoms with E-state index in [1.165, 1.54) is 37.2 Å². The van der Waals surface area contributed by atoms with E-state index in [1.54, 1.807) is 0 Å². The van der Waals surface area contributed by atoms with Crippen LogP contribution in [0.15, 0.2) is 42.5 Å². The second kappa shape index (κ2) is 6.59. The van der Waals surface area contributed by atoms with Gasteiger partial charge in [0.2, 0.25) is 0 Å². The van der Waals surface area contributed by atoms with Crippen LogP contribution < -0.4 is 10.2 Å². The first-order valence-corrected chi connectivity index (χ1v) is 8.01. The molecule has 0 aromatic heterocycles. The summed E-state index contributed by atoms with van der Waals surface area (Å²) in [5.74, 6) is 0. The largest absolute Gasteiger partial charge is 0.381 e. The van der Waals surface area contributed by atoms with Crippen LogP contribution in [0.25, 0.3) is 0 Å². The zero-order chi connectivity index (χ0) is 14.7. The summed E-state index contributed by atoms with van der Waals surface area (Å²) >= 11 is 11.9. The lowest BCUT2D eigenvalue weighted by Crippen LogP contribution is -2.17. The zero-order valence-corrected chi connectivity index (χ0v) is 13.3. The Morgan fingerprint density at radius 2 is 1.62 bits per heavy atom. The topological polar surface area (TPSA) is 15.3 Å². The third-order valence-corrected chi connectivity index (χ3v) is 4.56. The molecule has 0 saturated carbocycles. The van der Waals surface area contributed by atoms with Gasteiger partial charge in [-0.1, -0.05) is 35.3 Å². The summed E-state index contributed by atoms with van der Waals surface area (Å²) in [6.07, 6.45) is 2.61. The molecule has 3 rings (SSSR count). The molecule has 0 aliphatic carbocycles. The fraction of sp³-hybridized carbons (Fsp3) is 0.294. The lowest BCUT2D eigenvalue weighted by Gasteiger charge is -2.17. The van der Waals surface area contributed by atoms with E-state index in [2.05, 4.69) is 34.5 Å². The normalized spacial score (nSPS) is 14.5. The minimum atomic E-state index is 0.575. The summed E-state index contributed by atoms with van der Waals surface area (Å²) in [4.78, 5) is 2.44. The smallest absolute Gasteiger partial charge is 0.0612 e. The van der Waals surface area contributed by atoms with E-state index in [-0.39, 0.29) is 0 Å². The average Bonchev–Trinajstić information content (AvgIpc) is 3.03. The van der Waals surface area contributed by atoms with Crippen LogP contribution in [-0.2, 0) is 6.54 Å². The van der Waals surface area contributed by atoms with Crippen molar-refractivity contribution in [3.05, 3.63) is 58.1 Å². The fourth-order valence-corrected chi connectivity index (χ4v) is 2.91. The zero-order valence-electron chi connectivity index (χ0n) is 11.8. The summed E-state index contributed by atoms with van der Waals surface area (Å²) < 4.78 is 0. The van der Waals surface area contributed by atoms with Gasteiger partial charge in [-0.2, -0.15) is 0 Å². The van der Waals surface area contributed by atoms with Crippen molar-refractivity contribution < 1.29 is 0 Å². The first-order valence-electron chi connectivity index (χ1n) is 7.25. The number of rotatable bonds is 4. The van der Waals surface area contributed by atoms with Gasteiger partial charge in [-0.15, -0.1) is 0 Å². The maximum Gasteiger partial charge on any atom is 0.0612 e. The van der Waals surface area contributed by atoms with Gasteiger partial charge in [0.25, 0.3) is 0 Å². The predicted octanol–water partition coefficient (Wildman–Crippen LogP) is 5.21. The fourth-order valence-electron chi connectivity index (χ4n) is 2.61. The molecule has 21 heavy (non-hydrogen) atoms. The maximum atomic E-state index is 6.01. The highest BCUT2D eigenvalue weighted by atomic mass is 35.5. The molecule has 4 heteroatoms. The van der Waals surface area contributed by atoms with Crippen LogP contribution in [0.5, 0.6) is 0 Å². The summed E-state index contributed by atoms with van der Waals surface area (Å²) in [6, 6.07) is 14.4. The van der Waals surface area contributed by atoms with Crippen molar-refractivity contribution in [2.45, 2.75) is 19.4 Å². The van der Waals surface area contributed by atoms with Crippen LogP contribution >= 0.6 is 23.2 Å². The molecule has 0 atom stereocenters. The Hall–Kier alpha value is -1.38. The molecule has 1 saturated heterocycles. The molecule has 0 radical (unpaired) electrons. The highest BCUT2D eigenvalue weighted by molar-refractivity contribution is 6.42. The molecule has 110 valence electrons. The molecule has 1 fully saturated rings. The van der Waals surface area contributed by atoms with E-state index in [4.69, 9.17) is 23.2 Å². The SMILES string of the molecule is Clc1ccc(NCc2ccc(N3CCCC3)cc2)cc1Cl. The molecular formula is C17H18Cl2N2. The number of anilines is 2. The van der Waals surface area contributed by atoms with Gasteiger partial charge in [0.15, 0.2) is 0 Å². The number of nitrogens with zero attached hydrogens (tertiary/aromatic N) is 1. The molecule has 1 heterocycles. The van der Waals surface area contributed by atoms with E-state index in [0.717, 1.165) is 12.2 Å². The van der Waals surface area contributed by atoms with E-state index in [9.17, 15) is 0 Å². The number of benzene rings is 2. The average molecular weight is 321 g/mol. The van der Waals surface area contributed by atoms with Crippen molar-refractivity contribution in [3.8, 4) is 0 Å². The Morgan fingerprint density at radius 3 is 2.29 bits per heavy atom. The Morgan fingerprint density at radius 1 is 0.905 bits per heavy atom. The molecular weight excluding hydrogens is 303 g/mol. The first-order chi connectivity index (χ1) is 10.2. The predicted molar refractivity (Wildman–Crippen MR) is 91.7 cm³/mol. The Labute approximate surface area is 135 Å². The lowest BCUT2D eigenvalue weighted by atomic mass is 10.2. The van der Waals surface area contributed by atoms with Gasteiger partial charge in [-0.25, -0.2) is 0 Å². The Kier molecular flexibility index (Phi) is 4.57. The minimum absolute atomic E-state index is 0.575. The van der Waals surface area contributed by atoms with E-state index < -0.39 is 0 Å². The summed E-state index contributed by atoms with van der Waals surface area (Å²) in [6.45, 7) is 3.14. The van der Waals surface area contributed by atoms with E-state index in [0.29, 0.717) is 10.0 Å². The van der Waals surface area contributed by atoms with Gasteiger partial charge in [-0.05, 0) is 48.7 Å². The van der Waals surface area contributed by atoms with Gasteiger partial charge in [0.05, 0.1) is 10.0 Å². The van der Waals surface area contributed by atoms with Gasteiger partial charge in [-0.3, -0.25) is 0 Å². The molecule has 2 aromatic carbocycles. The quantitative estimate of drug-likeness (QED) is 0.832. The number of halogens is 2. The number of hydrogen-bond donors (Lipinski definition) is 1. The van der Waals surface area contributed by atoms with Crippen LogP contribution in [0.2, 0.25) is 10.0 Å². The van der Waals surface area contributed by atoms with Crippen molar-refractivity contribution in [2.24, 2.45) is 0 Å². The second-order valence-electron chi connectivity index (χ2n) is 5.34. The maximum absolute atomic E-state index is 6.01. The van der Waals surface area contributed by atoms with Crippen LogP contribution in [0.4, 0.5) is 11.4 Å². The van der Waals surface area contributed by atoms with E-state index >= 15 is 0 Å². The third-order valence-electron chi connectivity index (χ3n) is 3.82. The highest BCUT2D eigenvalue weighted by Crippen LogP contribution is 2.25. The lowest BCUT2D eigenvalue weighted by molar-refractivity contribution is 0.949. The van der Waals surface area contributed by atoms with Crippen LogP contribution in [-0.4, -0.2) is 13.1 Å². The van der Waals surface area contributed by atoms with Gasteiger partial charge in [0.1, 0.15) is 0 Å². The summed E-state index contributed by atoms with van der Waals surface area (Å²) in [7, 11) is 0. The molecule has 0 amide bonds. The van der Waals surface area contributed by atoms with Crippen molar-refractivity contribution in [2.75, 3.05) is 23.3 Å². The van der Waals surface area contributed by atoms with E-state index in [1.807, 2.05) is 18.2 Å². The third kappa shape index (κ3) is 3.63. The molecule has 2 aromatic rings. The van der Waals surface area contributed by atoms with Crippen molar-refractivity contribution in [1.29, 1.82) is 0 Å². The monoisotopic (exact) mass is 320 g/mol. The van der Waals surface area contributed by atoms with Crippen LogP contribution in [0.1, 0.15) is 18.4 Å². The molecule has 0 spiro atoms. The number of nitrogens with one attached hydrogen (secondary N) is 1. The van der Waals surface area contributed by atoms with Crippen molar-refractivity contribution in [3.63, 3.8) is 0 Å². The molecule has 2 nitrogen and oxygen atoms in total. The highest BCUT2D eigenvalue weighted by Gasteiger charge is 2.11. The standard InChI is InChI=1S/C17H18Cl2N2/c18-16-8-5-14(11-17(16)19)20-12-13-3-6-15(7-4-13)21-9-1-2-10-21/h3-8,11,20H,1-2,9-10,12H2. The first kappa shape index (κ1) is 14.6. The second-order valence-corrected chi connectivity index (χ2v) is 6.16. The summed E-state index contributed by atoms with van der Waals surface area (Å²) in [5, 5.41) is 4.52. The van der Waals surface area contributed by atoms with Crippen molar-refractivity contribution >= 4 is 34.6 Å². The van der Waals surface area contributed by atoms with Crippen LogP contribution in [0.3, 0.4) is 0 Å². The van der Waals surface area contributed by atoms with Crippen LogP contribution in [0, 0.1) is 0 Å². The molecule has 0 unspecified atom stereocenters. The van der Waals surface area contributed by atoms with Crippen molar-refractivity contribution in [1.82, 2.24) is 0 Å². The Balaban J connectivity index is 1.61. The minimum Gasteiger partial charge on any atom is -0.381 e. The molecule has 1 aliphatic heterocycles.